The Kier molecular flexibility index (Phi) is 6.91. The van der Waals surface area contributed by atoms with Crippen LogP contribution in [-0.2, 0) is 11.3 Å². The van der Waals surface area contributed by atoms with E-state index in [1.54, 1.807) is 7.11 Å². The zero-order valence-corrected chi connectivity index (χ0v) is 25.5. The van der Waals surface area contributed by atoms with Gasteiger partial charge < -0.3 is 25.3 Å². The number of carbonyl (C=O) groups is 2. The third-order valence-electron chi connectivity index (χ3n) is 9.64. The first kappa shape index (κ1) is 27.9. The lowest BCUT2D eigenvalue weighted by atomic mass is 9.97. The van der Waals surface area contributed by atoms with Crippen LogP contribution in [0, 0.1) is 12.8 Å². The van der Waals surface area contributed by atoms with Crippen molar-refractivity contribution in [2.45, 2.75) is 96.4 Å². The smallest absolute Gasteiger partial charge is 0.254 e. The van der Waals surface area contributed by atoms with E-state index in [0.29, 0.717) is 29.4 Å². The van der Waals surface area contributed by atoms with Gasteiger partial charge in [-0.15, -0.1) is 0 Å². The van der Waals surface area contributed by atoms with Crippen LogP contribution in [0.1, 0.15) is 86.6 Å². The number of hydrogen-bond donors (Lipinski definition) is 2. The number of methoxy groups -OCH3 is 1. The standard InChI is InChI=1S/C33H41N7O3/c1-5-6-29(41)35-18(2)25-11-9-21-13-27(38(32(21)36-25)17-20-7-8-20)31-19(3)39-28(37-31)14-22(15-30(39)43-4)33(42)40-23-10-12-26(40)24(34)16-23/h9,11,13-15,18,20,23-24,26H,5-8,10,12,16-17,34H2,1-4H3,(H,35,41)/t18-,23+,24-,26-/m1/s1. The molecule has 10 nitrogen and oxygen atoms in total. The Morgan fingerprint density at radius 2 is 1.95 bits per heavy atom. The molecule has 4 aromatic rings. The van der Waals surface area contributed by atoms with E-state index in [0.717, 1.165) is 66.0 Å². The molecule has 0 spiro atoms. The van der Waals surface area contributed by atoms with E-state index in [9.17, 15) is 9.59 Å². The Labute approximate surface area is 251 Å². The maximum Gasteiger partial charge on any atom is 0.254 e. The highest BCUT2D eigenvalue weighted by molar-refractivity contribution is 5.97. The normalized spacial score (nSPS) is 22.1. The van der Waals surface area contributed by atoms with E-state index in [1.807, 2.05) is 48.3 Å². The van der Waals surface area contributed by atoms with Crippen molar-refractivity contribution in [3.63, 3.8) is 0 Å². The molecule has 1 saturated carbocycles. The summed E-state index contributed by atoms with van der Waals surface area (Å²) in [6.07, 6.45) is 6.57. The number of amides is 2. The molecule has 4 atom stereocenters. The minimum Gasteiger partial charge on any atom is -0.482 e. The quantitative estimate of drug-likeness (QED) is 0.293. The number of fused-ring (bicyclic) bond motifs is 4. The largest absolute Gasteiger partial charge is 0.482 e. The van der Waals surface area contributed by atoms with Gasteiger partial charge in [0.25, 0.3) is 5.91 Å². The molecule has 0 radical (unpaired) electrons. The number of pyridine rings is 2. The average Bonchev–Trinajstić information content (AvgIpc) is 3.31. The molecule has 2 saturated heterocycles. The van der Waals surface area contributed by atoms with Gasteiger partial charge in [0.15, 0.2) is 5.88 Å². The van der Waals surface area contributed by atoms with Crippen LogP contribution in [0.5, 0.6) is 5.88 Å². The second-order valence-electron chi connectivity index (χ2n) is 12.7. The predicted octanol–water partition coefficient (Wildman–Crippen LogP) is 4.76. The van der Waals surface area contributed by atoms with Gasteiger partial charge in [-0.3, -0.25) is 14.0 Å². The molecule has 1 aliphatic carbocycles. The molecule has 4 aromatic heterocycles. The second-order valence-corrected chi connectivity index (χ2v) is 12.7. The summed E-state index contributed by atoms with van der Waals surface area (Å²) >= 11 is 0. The molecule has 0 aromatic carbocycles. The number of hydrogen-bond acceptors (Lipinski definition) is 6. The van der Waals surface area contributed by atoms with E-state index in [-0.39, 0.29) is 36.0 Å². The molecule has 6 heterocycles. The number of nitrogens with two attached hydrogens (primary N) is 1. The first-order valence-corrected chi connectivity index (χ1v) is 15.7. The lowest BCUT2D eigenvalue weighted by Gasteiger charge is -2.23. The van der Waals surface area contributed by atoms with Gasteiger partial charge in [-0.25, -0.2) is 9.97 Å². The Hall–Kier alpha value is -3.92. The maximum atomic E-state index is 13.8. The molecule has 10 heteroatoms. The first-order chi connectivity index (χ1) is 20.8. The summed E-state index contributed by atoms with van der Waals surface area (Å²) in [5.41, 5.74) is 12.1. The molecule has 2 bridgehead atoms. The van der Waals surface area contributed by atoms with Crippen LogP contribution in [-0.4, -0.2) is 60.9 Å². The molecule has 7 rings (SSSR count). The molecule has 0 unspecified atom stereocenters. The third-order valence-corrected chi connectivity index (χ3v) is 9.64. The van der Waals surface area contributed by atoms with E-state index >= 15 is 0 Å². The van der Waals surface area contributed by atoms with Crippen molar-refractivity contribution in [3.8, 4) is 17.3 Å². The topological polar surface area (TPSA) is 120 Å². The summed E-state index contributed by atoms with van der Waals surface area (Å²) in [7, 11) is 1.63. The lowest BCUT2D eigenvalue weighted by molar-refractivity contribution is -0.121. The summed E-state index contributed by atoms with van der Waals surface area (Å²) in [6, 6.07) is 10.1. The number of aryl methyl sites for hydroxylation is 1. The fraction of sp³-hybridized carbons (Fsp3) is 0.515. The number of rotatable bonds is 9. The van der Waals surface area contributed by atoms with Crippen LogP contribution < -0.4 is 15.8 Å². The number of imidazole rings is 1. The van der Waals surface area contributed by atoms with Gasteiger partial charge in [0.1, 0.15) is 17.0 Å². The number of nitrogens with one attached hydrogen (secondary N) is 1. The first-order valence-electron chi connectivity index (χ1n) is 15.7. The van der Waals surface area contributed by atoms with E-state index in [1.165, 1.54) is 12.8 Å². The zero-order valence-electron chi connectivity index (χ0n) is 25.5. The average molecular weight is 584 g/mol. The SMILES string of the molecule is CCCC(=O)N[C@H](C)c1ccc2cc(-c3nc4cc(C(=O)N5[C@H]6CC[C@@H]5[C@H](N)C6)cc(OC)n4c3C)n(CC3CC3)c2n1. The van der Waals surface area contributed by atoms with E-state index in [4.69, 9.17) is 20.4 Å². The lowest BCUT2D eigenvalue weighted by Crippen LogP contribution is -2.40. The maximum absolute atomic E-state index is 13.8. The molecule has 2 aliphatic heterocycles. The van der Waals surface area contributed by atoms with Gasteiger partial charge in [-0.05, 0) is 82.6 Å². The highest BCUT2D eigenvalue weighted by Gasteiger charge is 2.47. The van der Waals surface area contributed by atoms with Crippen molar-refractivity contribution >= 4 is 28.5 Å². The van der Waals surface area contributed by atoms with Crippen LogP contribution in [0.2, 0.25) is 0 Å². The van der Waals surface area contributed by atoms with Crippen LogP contribution >= 0.6 is 0 Å². The molecular weight excluding hydrogens is 542 g/mol. The van der Waals surface area contributed by atoms with Gasteiger partial charge in [0.2, 0.25) is 5.91 Å². The minimum atomic E-state index is -0.186. The van der Waals surface area contributed by atoms with Gasteiger partial charge in [0, 0.05) is 48.1 Å². The molecule has 226 valence electrons. The third kappa shape index (κ3) is 4.76. The predicted molar refractivity (Wildman–Crippen MR) is 165 cm³/mol. The summed E-state index contributed by atoms with van der Waals surface area (Å²) in [5.74, 6) is 1.23. The summed E-state index contributed by atoms with van der Waals surface area (Å²) in [5, 5.41) is 4.11. The van der Waals surface area contributed by atoms with Crippen molar-refractivity contribution in [1.82, 2.24) is 29.2 Å². The molecular formula is C33H41N7O3. The van der Waals surface area contributed by atoms with Crippen LogP contribution in [0.4, 0.5) is 0 Å². The van der Waals surface area contributed by atoms with Crippen molar-refractivity contribution in [2.75, 3.05) is 7.11 Å². The minimum absolute atomic E-state index is 0.00294. The van der Waals surface area contributed by atoms with E-state index < -0.39 is 0 Å². The molecule has 3 fully saturated rings. The number of carbonyl (C=O) groups excluding carboxylic acids is 2. The van der Waals surface area contributed by atoms with Crippen molar-refractivity contribution in [1.29, 1.82) is 0 Å². The van der Waals surface area contributed by atoms with Crippen molar-refractivity contribution in [3.05, 3.63) is 47.3 Å². The zero-order chi connectivity index (χ0) is 30.0. The second kappa shape index (κ2) is 10.7. The van der Waals surface area contributed by atoms with Crippen LogP contribution in [0.25, 0.3) is 28.1 Å². The van der Waals surface area contributed by atoms with Gasteiger partial charge in [0.05, 0.1) is 30.2 Å². The highest BCUT2D eigenvalue weighted by atomic mass is 16.5. The van der Waals surface area contributed by atoms with Gasteiger partial charge >= 0.3 is 0 Å². The molecule has 3 aliphatic rings. The fourth-order valence-corrected chi connectivity index (χ4v) is 7.23. The Balaban J connectivity index is 1.30. The number of aromatic nitrogens is 4. The molecule has 3 N–H and O–H groups in total. The Morgan fingerprint density at radius 3 is 2.63 bits per heavy atom. The van der Waals surface area contributed by atoms with Crippen LogP contribution in [0.15, 0.2) is 30.3 Å². The van der Waals surface area contributed by atoms with Gasteiger partial charge in [-0.1, -0.05) is 6.92 Å². The Morgan fingerprint density at radius 1 is 1.14 bits per heavy atom. The highest BCUT2D eigenvalue weighted by Crippen LogP contribution is 2.40. The summed E-state index contributed by atoms with van der Waals surface area (Å²) in [6.45, 7) is 6.89. The van der Waals surface area contributed by atoms with E-state index in [2.05, 4.69) is 22.0 Å². The van der Waals surface area contributed by atoms with Crippen molar-refractivity contribution < 1.29 is 14.3 Å². The molecule has 43 heavy (non-hydrogen) atoms. The van der Waals surface area contributed by atoms with Crippen LogP contribution in [0.3, 0.4) is 0 Å². The molecule has 2 amide bonds. The fourth-order valence-electron chi connectivity index (χ4n) is 7.23. The Bertz CT molecular complexity index is 1740. The number of nitrogens with zero attached hydrogens (tertiary/aromatic N) is 5. The number of ether oxygens (including phenoxy) is 1. The summed E-state index contributed by atoms with van der Waals surface area (Å²) in [4.78, 5) is 38.2. The van der Waals surface area contributed by atoms with Crippen molar-refractivity contribution in [2.24, 2.45) is 11.7 Å². The summed E-state index contributed by atoms with van der Waals surface area (Å²) < 4.78 is 10.1. The van der Waals surface area contributed by atoms with Gasteiger partial charge in [-0.2, -0.15) is 0 Å². The monoisotopic (exact) mass is 583 g/mol.